The number of furan rings is 1. The number of hydrogen-bond acceptors (Lipinski definition) is 4. The van der Waals surface area contributed by atoms with Gasteiger partial charge in [-0.2, -0.15) is 0 Å². The third kappa shape index (κ3) is 3.55. The van der Waals surface area contributed by atoms with Crippen LogP contribution in [0.15, 0.2) is 53.1 Å². The lowest BCUT2D eigenvalue weighted by molar-refractivity contribution is -0.131. The highest BCUT2D eigenvalue weighted by atomic mass is 19.1. The molecule has 1 unspecified atom stereocenters. The average Bonchev–Trinajstić information content (AvgIpc) is 3.27. The summed E-state index contributed by atoms with van der Waals surface area (Å²) in [6.45, 7) is 0.204. The van der Waals surface area contributed by atoms with E-state index in [0.717, 1.165) is 10.9 Å². The van der Waals surface area contributed by atoms with Gasteiger partial charge in [0.1, 0.15) is 24.2 Å². The number of anilines is 1. The van der Waals surface area contributed by atoms with Gasteiger partial charge in [0.2, 0.25) is 11.8 Å². The van der Waals surface area contributed by atoms with Gasteiger partial charge in [0, 0.05) is 24.9 Å². The van der Waals surface area contributed by atoms with Crippen LogP contribution in [0.1, 0.15) is 18.4 Å². The highest BCUT2D eigenvalue weighted by molar-refractivity contribution is 6.04. The Balaban J connectivity index is 1.55. The van der Waals surface area contributed by atoms with Gasteiger partial charge < -0.3 is 19.4 Å². The van der Waals surface area contributed by atoms with Gasteiger partial charge in [0.05, 0.1) is 12.0 Å². The second-order valence-corrected chi connectivity index (χ2v) is 6.78. The third-order valence-electron chi connectivity index (χ3n) is 4.87. The van der Waals surface area contributed by atoms with E-state index in [0.29, 0.717) is 29.9 Å². The summed E-state index contributed by atoms with van der Waals surface area (Å²) in [6, 6.07) is 10.9. The van der Waals surface area contributed by atoms with Crippen molar-refractivity contribution < 1.29 is 23.1 Å². The Hall–Kier alpha value is -3.35. The van der Waals surface area contributed by atoms with E-state index in [1.165, 1.54) is 17.0 Å². The number of benzene rings is 2. The molecule has 6 nitrogen and oxygen atoms in total. The van der Waals surface area contributed by atoms with Crippen LogP contribution in [-0.2, 0) is 16.2 Å². The quantitative estimate of drug-likeness (QED) is 0.730. The number of amides is 2. The van der Waals surface area contributed by atoms with Gasteiger partial charge in [0.25, 0.3) is 0 Å². The molecular formula is C21H19FN2O4. The number of halogens is 1. The molecule has 1 fully saturated rings. The maximum absolute atomic E-state index is 13.3. The maximum atomic E-state index is 13.3. The molecule has 1 aliphatic heterocycles. The van der Waals surface area contributed by atoms with Gasteiger partial charge in [-0.05, 0) is 42.3 Å². The van der Waals surface area contributed by atoms with Gasteiger partial charge in [-0.1, -0.05) is 6.07 Å². The lowest BCUT2D eigenvalue weighted by atomic mass is 10.1. The van der Waals surface area contributed by atoms with Crippen molar-refractivity contribution in [2.24, 2.45) is 0 Å². The molecule has 2 aromatic carbocycles. The van der Waals surface area contributed by atoms with Crippen LogP contribution in [0.2, 0.25) is 0 Å². The molecule has 0 saturated carbocycles. The summed E-state index contributed by atoms with van der Waals surface area (Å²) < 4.78 is 24.5. The molecular weight excluding hydrogens is 363 g/mol. The first-order valence-corrected chi connectivity index (χ1v) is 8.96. The van der Waals surface area contributed by atoms with E-state index in [1.807, 2.05) is 6.07 Å². The summed E-state index contributed by atoms with van der Waals surface area (Å²) in [5.41, 5.74) is 1.86. The first kappa shape index (κ1) is 18.0. The predicted molar refractivity (Wildman–Crippen MR) is 101 cm³/mol. The Kier molecular flexibility index (Phi) is 4.73. The molecule has 1 aromatic heterocycles. The first-order valence-electron chi connectivity index (χ1n) is 8.96. The van der Waals surface area contributed by atoms with Crippen LogP contribution in [-0.4, -0.2) is 29.8 Å². The van der Waals surface area contributed by atoms with E-state index in [2.05, 4.69) is 5.32 Å². The number of hydrogen-bond donors (Lipinski definition) is 1. The van der Waals surface area contributed by atoms with Crippen LogP contribution in [0, 0.1) is 5.82 Å². The number of carbonyl (C=O) groups is 2. The first-order chi connectivity index (χ1) is 13.5. The molecule has 1 saturated heterocycles. The maximum Gasteiger partial charge on any atom is 0.247 e. The zero-order valence-electron chi connectivity index (χ0n) is 15.3. The van der Waals surface area contributed by atoms with Crippen LogP contribution in [0.3, 0.4) is 0 Å². The van der Waals surface area contributed by atoms with Gasteiger partial charge >= 0.3 is 0 Å². The topological polar surface area (TPSA) is 71.8 Å². The van der Waals surface area contributed by atoms with E-state index < -0.39 is 6.04 Å². The molecule has 0 spiro atoms. The molecule has 3 aromatic rings. The Morgan fingerprint density at radius 3 is 2.93 bits per heavy atom. The minimum Gasteiger partial charge on any atom is -0.489 e. The number of fused-ring (bicyclic) bond motifs is 1. The lowest BCUT2D eigenvalue weighted by Crippen LogP contribution is -2.38. The number of likely N-dealkylation sites (N-methyl/N-ethyl adjacent to an activating group) is 1. The minimum absolute atomic E-state index is 0.0412. The van der Waals surface area contributed by atoms with Crippen LogP contribution >= 0.6 is 0 Å². The Morgan fingerprint density at radius 1 is 1.32 bits per heavy atom. The summed E-state index contributed by atoms with van der Waals surface area (Å²) >= 11 is 0. The fraction of sp³-hybridized carbons (Fsp3) is 0.238. The van der Waals surface area contributed by atoms with Crippen LogP contribution < -0.4 is 10.1 Å². The van der Waals surface area contributed by atoms with E-state index in [-0.39, 0.29) is 24.2 Å². The van der Waals surface area contributed by atoms with E-state index >= 15 is 0 Å². The Morgan fingerprint density at radius 2 is 2.18 bits per heavy atom. The molecule has 2 amide bonds. The normalized spacial score (nSPS) is 16.6. The zero-order chi connectivity index (χ0) is 19.7. The molecule has 1 aliphatic rings. The number of likely N-dealkylation sites (tertiary alicyclic amines) is 1. The van der Waals surface area contributed by atoms with Crippen LogP contribution in [0.4, 0.5) is 10.1 Å². The van der Waals surface area contributed by atoms with Gasteiger partial charge in [-0.15, -0.1) is 0 Å². The summed E-state index contributed by atoms with van der Waals surface area (Å²) in [5.74, 6) is -0.246. The second kappa shape index (κ2) is 7.34. The SMILES string of the molecule is CN1C(=O)CCC1C(=O)Nc1cc(COc2cccc(F)c2)cc2ccoc12. The van der Waals surface area contributed by atoms with Crippen molar-refractivity contribution in [1.29, 1.82) is 0 Å². The summed E-state index contributed by atoms with van der Waals surface area (Å²) in [7, 11) is 1.63. The Labute approximate surface area is 160 Å². The molecule has 28 heavy (non-hydrogen) atoms. The predicted octanol–water partition coefficient (Wildman–Crippen LogP) is 3.71. The molecule has 1 atom stereocenters. The lowest BCUT2D eigenvalue weighted by Gasteiger charge is -2.19. The van der Waals surface area contributed by atoms with Crippen molar-refractivity contribution in [2.45, 2.75) is 25.5 Å². The zero-order valence-corrected chi connectivity index (χ0v) is 15.3. The molecule has 4 rings (SSSR count). The van der Waals surface area contributed by atoms with Gasteiger partial charge in [0.15, 0.2) is 5.58 Å². The fourth-order valence-corrected chi connectivity index (χ4v) is 3.37. The van der Waals surface area contributed by atoms with Crippen LogP contribution in [0.5, 0.6) is 5.75 Å². The second-order valence-electron chi connectivity index (χ2n) is 6.78. The fourth-order valence-electron chi connectivity index (χ4n) is 3.37. The van der Waals surface area contributed by atoms with E-state index in [4.69, 9.17) is 9.15 Å². The van der Waals surface area contributed by atoms with Gasteiger partial charge in [-0.3, -0.25) is 9.59 Å². The Bertz CT molecular complexity index is 1050. The highest BCUT2D eigenvalue weighted by Gasteiger charge is 2.33. The van der Waals surface area contributed by atoms with Gasteiger partial charge in [-0.25, -0.2) is 4.39 Å². The molecule has 0 bridgehead atoms. The molecule has 0 radical (unpaired) electrons. The summed E-state index contributed by atoms with van der Waals surface area (Å²) in [6.07, 6.45) is 2.40. The molecule has 2 heterocycles. The van der Waals surface area contributed by atoms with Crippen molar-refractivity contribution in [1.82, 2.24) is 4.90 Å². The van der Waals surface area contributed by atoms with E-state index in [9.17, 15) is 14.0 Å². The highest BCUT2D eigenvalue weighted by Crippen LogP contribution is 2.28. The summed E-state index contributed by atoms with van der Waals surface area (Å²) in [5, 5.41) is 3.68. The smallest absolute Gasteiger partial charge is 0.247 e. The third-order valence-corrected chi connectivity index (χ3v) is 4.87. The molecule has 144 valence electrons. The van der Waals surface area contributed by atoms with Crippen molar-refractivity contribution in [2.75, 3.05) is 12.4 Å². The standard InChI is InChI=1S/C21H19FN2O4/c1-24-18(5-6-19(24)25)21(26)23-17-10-13(9-14-7-8-27-20(14)17)12-28-16-4-2-3-15(22)11-16/h2-4,7-11,18H,5-6,12H2,1H3,(H,23,26). The van der Waals surface area contributed by atoms with Crippen LogP contribution in [0.25, 0.3) is 11.0 Å². The number of nitrogens with one attached hydrogen (secondary N) is 1. The number of ether oxygens (including phenoxy) is 1. The average molecular weight is 382 g/mol. The summed E-state index contributed by atoms with van der Waals surface area (Å²) in [4.78, 5) is 25.8. The van der Waals surface area contributed by atoms with Crippen molar-refractivity contribution >= 4 is 28.5 Å². The number of nitrogens with zero attached hydrogens (tertiary/aromatic N) is 1. The number of rotatable bonds is 5. The number of carbonyl (C=O) groups excluding carboxylic acids is 2. The molecule has 7 heteroatoms. The van der Waals surface area contributed by atoms with E-state index in [1.54, 1.807) is 37.6 Å². The molecule has 0 aliphatic carbocycles. The largest absolute Gasteiger partial charge is 0.489 e. The van der Waals surface area contributed by atoms with Crippen molar-refractivity contribution in [3.05, 3.63) is 60.1 Å². The van der Waals surface area contributed by atoms with Crippen molar-refractivity contribution in [3.8, 4) is 5.75 Å². The monoisotopic (exact) mass is 382 g/mol. The van der Waals surface area contributed by atoms with Crippen molar-refractivity contribution in [3.63, 3.8) is 0 Å². The molecule has 1 N–H and O–H groups in total. The minimum atomic E-state index is -0.496.